The second-order valence-electron chi connectivity index (χ2n) is 8.52. The lowest BCUT2D eigenvalue weighted by Gasteiger charge is -2.26. The maximum atomic E-state index is 13.6. The third-order valence-electron chi connectivity index (χ3n) is 5.12. The lowest BCUT2D eigenvalue weighted by Crippen LogP contribution is -2.39. The van der Waals surface area contributed by atoms with E-state index in [9.17, 15) is 29.2 Å². The summed E-state index contributed by atoms with van der Waals surface area (Å²) in [4.78, 5) is 40.0. The largest absolute Gasteiger partial charge is 0.465 e. The lowest BCUT2D eigenvalue weighted by atomic mass is 10.1. The van der Waals surface area contributed by atoms with E-state index in [4.69, 9.17) is 29.0 Å². The molecule has 5 N–H and O–H groups in total. The summed E-state index contributed by atoms with van der Waals surface area (Å²) in [5.41, 5.74) is 4.65. The molecule has 0 amide bonds. The van der Waals surface area contributed by atoms with Gasteiger partial charge in [0.05, 0.1) is 19.8 Å². The number of nitrogens with one attached hydrogen (secondary N) is 1. The zero-order valence-electron chi connectivity index (χ0n) is 21.1. The quantitative estimate of drug-likeness (QED) is 0.173. The van der Waals surface area contributed by atoms with Gasteiger partial charge in [-0.05, 0) is 32.3 Å². The Bertz CT molecular complexity index is 1020. The smallest absolute Gasteiger partial charge is 0.406 e. The van der Waals surface area contributed by atoms with Crippen LogP contribution in [0.1, 0.15) is 40.3 Å². The Labute approximate surface area is 213 Å². The predicted molar refractivity (Wildman–Crippen MR) is 128 cm³/mol. The maximum absolute atomic E-state index is 13.6. The Hall–Kier alpha value is -2.39. The Morgan fingerprint density at radius 3 is 2.49 bits per heavy atom. The molecule has 0 spiro atoms. The molecule has 2 heterocycles. The summed E-state index contributed by atoms with van der Waals surface area (Å²) in [6.45, 7) is 5.60. The molecule has 0 saturated carbocycles. The third-order valence-corrected chi connectivity index (χ3v) is 6.71. The number of carbonyl (C=O) groups is 2. The van der Waals surface area contributed by atoms with E-state index < -0.39 is 69.2 Å². The van der Waals surface area contributed by atoms with Gasteiger partial charge in [-0.25, -0.2) is 19.2 Å². The minimum absolute atomic E-state index is 0.0249. The molecule has 1 fully saturated rings. The van der Waals surface area contributed by atoms with Crippen LogP contribution < -0.4 is 16.5 Å². The topological polar surface area (TPSA) is 211 Å². The van der Waals surface area contributed by atoms with Crippen molar-refractivity contribution in [2.24, 2.45) is 5.92 Å². The van der Waals surface area contributed by atoms with E-state index in [-0.39, 0.29) is 31.4 Å². The van der Waals surface area contributed by atoms with Gasteiger partial charge in [0.15, 0.2) is 12.8 Å². The van der Waals surface area contributed by atoms with Gasteiger partial charge in [0.25, 0.3) is 0 Å². The summed E-state index contributed by atoms with van der Waals surface area (Å²) in [6, 6.07) is 0.194. The molecule has 210 valence electrons. The van der Waals surface area contributed by atoms with Crippen molar-refractivity contribution in [3.05, 3.63) is 22.7 Å². The van der Waals surface area contributed by atoms with Crippen LogP contribution in [0.4, 0.5) is 5.82 Å². The number of nitrogens with zero attached hydrogens (tertiary/aromatic N) is 2. The highest BCUT2D eigenvalue weighted by molar-refractivity contribution is 7.51. The number of carbonyl (C=O) groups excluding carboxylic acids is 2. The summed E-state index contributed by atoms with van der Waals surface area (Å²) in [7, 11) is -4.42. The first kappa shape index (κ1) is 30.8. The first-order valence-electron chi connectivity index (χ1n) is 11.8. The van der Waals surface area contributed by atoms with Crippen molar-refractivity contribution in [3.8, 4) is 0 Å². The molecule has 0 aromatic carbocycles. The number of nitrogen functional groups attached to an aromatic ring is 1. The van der Waals surface area contributed by atoms with E-state index >= 15 is 0 Å². The summed E-state index contributed by atoms with van der Waals surface area (Å²) in [6.07, 6.45) is -4.32. The molecule has 1 aliphatic rings. The zero-order valence-corrected chi connectivity index (χ0v) is 22.0. The van der Waals surface area contributed by atoms with Gasteiger partial charge in [-0.1, -0.05) is 13.8 Å². The van der Waals surface area contributed by atoms with Crippen molar-refractivity contribution in [3.63, 3.8) is 0 Å². The minimum atomic E-state index is -4.42. The second-order valence-corrected chi connectivity index (χ2v) is 10.3. The summed E-state index contributed by atoms with van der Waals surface area (Å²) in [5.74, 6) is -1.60. The fourth-order valence-corrected chi connectivity index (χ4v) is 4.88. The van der Waals surface area contributed by atoms with Crippen molar-refractivity contribution in [2.45, 2.75) is 64.7 Å². The molecule has 0 aliphatic carbocycles. The van der Waals surface area contributed by atoms with E-state index in [0.717, 1.165) is 4.57 Å². The number of aromatic nitrogens is 2. The number of esters is 2. The van der Waals surface area contributed by atoms with Crippen LogP contribution in [-0.4, -0.2) is 82.5 Å². The molecule has 1 aromatic rings. The highest BCUT2D eigenvalue weighted by atomic mass is 31.2. The summed E-state index contributed by atoms with van der Waals surface area (Å²) < 4.78 is 40.5. The molecule has 1 aromatic heterocycles. The van der Waals surface area contributed by atoms with E-state index in [2.05, 4.69) is 10.1 Å². The number of ether oxygens (including phenoxy) is 3. The standard InChI is InChI=1S/C21H35N4O11P/c1-5-32-16(26)11-35-37(31,24-13(9-12(3)4)20(29)33-6-2)34-10-14-17(27)18(28)19(36-14)25-8-7-15(22)23-21(25)30/h7-8,12-14,17-19,27-28H,5-6,9-11H2,1-4H3,(H,24,31)(H2,22,23,30)/t13-,14+,17+,18-,19+,37?/m0/s1. The number of hydrogen-bond donors (Lipinski definition) is 4. The fraction of sp³-hybridized carbons (Fsp3) is 0.714. The van der Waals surface area contributed by atoms with E-state index in [1.807, 2.05) is 13.8 Å². The van der Waals surface area contributed by atoms with Crippen LogP contribution in [-0.2, 0) is 37.4 Å². The lowest BCUT2D eigenvalue weighted by molar-refractivity contribution is -0.145. The highest BCUT2D eigenvalue weighted by Gasteiger charge is 2.46. The molecular weight excluding hydrogens is 515 g/mol. The van der Waals surface area contributed by atoms with Gasteiger partial charge in [0.1, 0.15) is 30.2 Å². The molecule has 0 bridgehead atoms. The highest BCUT2D eigenvalue weighted by Crippen LogP contribution is 2.46. The van der Waals surface area contributed by atoms with Crippen LogP contribution >= 0.6 is 7.75 Å². The van der Waals surface area contributed by atoms with Crippen LogP contribution in [0, 0.1) is 5.92 Å². The number of rotatable bonds is 14. The van der Waals surface area contributed by atoms with Gasteiger partial charge in [0.2, 0.25) is 0 Å². The van der Waals surface area contributed by atoms with Crippen molar-refractivity contribution < 1.29 is 47.6 Å². The van der Waals surface area contributed by atoms with Crippen molar-refractivity contribution >= 4 is 25.5 Å². The Morgan fingerprint density at radius 2 is 1.89 bits per heavy atom. The monoisotopic (exact) mass is 550 g/mol. The van der Waals surface area contributed by atoms with Crippen molar-refractivity contribution in [1.29, 1.82) is 0 Å². The van der Waals surface area contributed by atoms with Gasteiger partial charge in [-0.2, -0.15) is 4.98 Å². The van der Waals surface area contributed by atoms with E-state index in [0.29, 0.717) is 0 Å². The van der Waals surface area contributed by atoms with Gasteiger partial charge < -0.3 is 30.2 Å². The van der Waals surface area contributed by atoms with Crippen LogP contribution in [0.3, 0.4) is 0 Å². The van der Waals surface area contributed by atoms with Crippen LogP contribution in [0.25, 0.3) is 0 Å². The van der Waals surface area contributed by atoms with Gasteiger partial charge in [-0.3, -0.25) is 18.4 Å². The molecule has 0 radical (unpaired) electrons. The number of anilines is 1. The molecule has 1 unspecified atom stereocenters. The molecule has 6 atom stereocenters. The first-order valence-corrected chi connectivity index (χ1v) is 13.3. The van der Waals surface area contributed by atoms with Crippen molar-refractivity contribution in [2.75, 3.05) is 32.2 Å². The maximum Gasteiger partial charge on any atom is 0.406 e. The van der Waals surface area contributed by atoms with Crippen LogP contribution in [0.15, 0.2) is 17.1 Å². The number of aliphatic hydroxyl groups is 2. The Kier molecular flexibility index (Phi) is 11.6. The zero-order chi connectivity index (χ0) is 27.8. The third kappa shape index (κ3) is 8.85. The molecule has 1 aliphatic heterocycles. The van der Waals surface area contributed by atoms with Crippen LogP contribution in [0.5, 0.6) is 0 Å². The molecule has 2 rings (SSSR count). The van der Waals surface area contributed by atoms with Gasteiger partial charge in [0, 0.05) is 6.20 Å². The van der Waals surface area contributed by atoms with Crippen molar-refractivity contribution in [1.82, 2.24) is 14.6 Å². The molecule has 15 nitrogen and oxygen atoms in total. The van der Waals surface area contributed by atoms with E-state index in [1.54, 1.807) is 13.8 Å². The normalized spacial score (nSPS) is 24.0. The second kappa shape index (κ2) is 14.0. The Balaban J connectivity index is 2.20. The molecule has 37 heavy (non-hydrogen) atoms. The number of hydrogen-bond acceptors (Lipinski definition) is 13. The number of nitrogens with two attached hydrogens (primary N) is 1. The molecule has 1 saturated heterocycles. The molecule has 16 heteroatoms. The SMILES string of the molecule is CCOC(=O)COP(=O)(N[C@@H](CC(C)C)C(=O)OCC)OC[C@H]1O[C@@H](n2ccc(N)nc2=O)[C@@H](O)[C@@H]1O. The van der Waals surface area contributed by atoms with Gasteiger partial charge in [-0.15, -0.1) is 0 Å². The first-order chi connectivity index (χ1) is 17.4. The number of aliphatic hydroxyl groups excluding tert-OH is 2. The summed E-state index contributed by atoms with van der Waals surface area (Å²) >= 11 is 0. The summed E-state index contributed by atoms with van der Waals surface area (Å²) in [5, 5.41) is 23.4. The average molecular weight is 551 g/mol. The minimum Gasteiger partial charge on any atom is -0.465 e. The molecular formula is C21H35N4O11P. The predicted octanol–water partition coefficient (Wildman–Crippen LogP) is -0.283. The fourth-order valence-electron chi connectivity index (χ4n) is 3.45. The average Bonchev–Trinajstić information content (AvgIpc) is 3.10. The van der Waals surface area contributed by atoms with Gasteiger partial charge >= 0.3 is 25.4 Å². The van der Waals surface area contributed by atoms with E-state index in [1.165, 1.54) is 12.3 Å². The Morgan fingerprint density at radius 1 is 1.22 bits per heavy atom. The van der Waals surface area contributed by atoms with Crippen LogP contribution in [0.2, 0.25) is 0 Å².